The molecular weight excluding hydrogens is 838 g/mol. The molecule has 1 aliphatic carbocycles. The Morgan fingerprint density at radius 3 is 1.56 bits per heavy atom. The fourth-order valence-electron chi connectivity index (χ4n) is 7.38. The van der Waals surface area contributed by atoms with Gasteiger partial charge in [0.2, 0.25) is 0 Å². The first-order valence-electron chi connectivity index (χ1n) is 17.7. The molecule has 0 nitrogen and oxygen atoms in total. The maximum atomic E-state index is 3.69. The van der Waals surface area contributed by atoms with Crippen molar-refractivity contribution in [2.45, 2.75) is 72.6 Å². The van der Waals surface area contributed by atoms with E-state index in [1.165, 1.54) is 80.4 Å². The van der Waals surface area contributed by atoms with Crippen molar-refractivity contribution in [2.24, 2.45) is 0 Å². The molecule has 7 aromatic rings. The minimum atomic E-state index is 0. The molecule has 0 heterocycles. The summed E-state index contributed by atoms with van der Waals surface area (Å²) in [6.07, 6.45) is 1.03. The van der Waals surface area contributed by atoms with Crippen LogP contribution < -0.4 is 24.8 Å². The van der Waals surface area contributed by atoms with Crippen LogP contribution >= 0.6 is 0 Å². The van der Waals surface area contributed by atoms with Crippen LogP contribution in [0.2, 0.25) is 0 Å². The Bertz CT molecular complexity index is 2120. The van der Waals surface area contributed by atoms with Gasteiger partial charge in [-0.25, -0.2) is 12.1 Å². The zero-order valence-electron chi connectivity index (χ0n) is 31.7. The Balaban J connectivity index is 0.000000198. The summed E-state index contributed by atoms with van der Waals surface area (Å²) in [7, 11) is 0. The van der Waals surface area contributed by atoms with Crippen molar-refractivity contribution in [1.82, 2.24) is 0 Å². The van der Waals surface area contributed by atoms with Crippen molar-refractivity contribution in [3.05, 3.63) is 184 Å². The average Bonchev–Trinajstić information content (AvgIpc) is 3.78. The third-order valence-corrected chi connectivity index (χ3v) is 11.7. The SMILES string of the molecule is Cc1[c-]c2c(cc1C(C)(C)C)-c1cc(C(C)(C)C)c(C)cc1C2.[Cl-].[Cl-].[Hf+2]=[C](c1cccc2ccccc12)c1cccc2ccccc12.c1cc[cH-]c1. The summed E-state index contributed by atoms with van der Waals surface area (Å²) in [5.74, 6) is 0. The normalized spacial score (nSPS) is 11.6. The molecule has 0 saturated heterocycles. The summed E-state index contributed by atoms with van der Waals surface area (Å²) in [5, 5.41) is 5.33. The van der Waals surface area contributed by atoms with Gasteiger partial charge in [0.25, 0.3) is 0 Å². The van der Waals surface area contributed by atoms with E-state index in [0.717, 1.165) is 30.3 Å². The van der Waals surface area contributed by atoms with E-state index >= 15 is 0 Å². The molecule has 0 unspecified atom stereocenters. The van der Waals surface area contributed by atoms with Gasteiger partial charge in [0, 0.05) is 0 Å². The van der Waals surface area contributed by atoms with Crippen molar-refractivity contribution in [1.29, 1.82) is 0 Å². The molecule has 3 heteroatoms. The molecule has 0 N–H and O–H groups in total. The molecule has 0 aromatic heterocycles. The van der Waals surface area contributed by atoms with Crippen LogP contribution in [0, 0.1) is 19.9 Å². The minimum Gasteiger partial charge on any atom is -0.214 e. The van der Waals surface area contributed by atoms with Gasteiger partial charge in [0.1, 0.15) is 0 Å². The zero-order chi connectivity index (χ0) is 35.6. The van der Waals surface area contributed by atoms with Crippen LogP contribution in [-0.2, 0) is 41.1 Å². The van der Waals surface area contributed by atoms with Gasteiger partial charge >= 0.3 is 145 Å². The quantitative estimate of drug-likeness (QED) is 0.133. The molecule has 0 bridgehead atoms. The second-order valence-corrected chi connectivity index (χ2v) is 17.4. The second-order valence-electron chi connectivity index (χ2n) is 15.6. The van der Waals surface area contributed by atoms with Gasteiger partial charge < -0.3 is 24.8 Å². The van der Waals surface area contributed by atoms with Gasteiger partial charge in [-0.2, -0.15) is 35.9 Å². The number of aryl methyl sites for hydroxylation is 2. The predicted molar refractivity (Wildman–Crippen MR) is 214 cm³/mol. The smallest absolute Gasteiger partial charge is 0.172 e. The monoisotopic (exact) mass is 886 g/mol. The Kier molecular flexibility index (Phi) is 13.6. The number of halogens is 2. The van der Waals surface area contributed by atoms with Crippen LogP contribution in [0.15, 0.2) is 133 Å². The molecule has 0 aliphatic heterocycles. The first-order chi connectivity index (χ1) is 23.8. The van der Waals surface area contributed by atoms with Crippen molar-refractivity contribution < 1.29 is 48.7 Å². The van der Waals surface area contributed by atoms with Gasteiger partial charge in [0.05, 0.1) is 0 Å². The predicted octanol–water partition coefficient (Wildman–Crippen LogP) is 6.79. The van der Waals surface area contributed by atoms with Crippen LogP contribution in [-0.4, -0.2) is 3.26 Å². The molecule has 0 atom stereocenters. The summed E-state index contributed by atoms with van der Waals surface area (Å²) in [6.45, 7) is 18.2. The van der Waals surface area contributed by atoms with Gasteiger partial charge in [-0.05, 0) is 35.4 Å². The molecule has 0 saturated carbocycles. The van der Waals surface area contributed by atoms with Gasteiger partial charge in [-0.1, -0.05) is 71.6 Å². The standard InChI is InChI=1S/C23H29.C21H14.C5H5.2ClH.Hf/c1-14-9-16-11-17-10-15(2)21(23(6,7)8)13-19(17)18(16)12-20(14)22(3,4)5;1-3-13-20-16(7-1)9-5-11-18(20)15-19-12-6-10-17-8-2-4-14-21(17)19;1-2-4-5-3-1;;;/h9,12-13H,11H2,1-8H3;1-14H;1-5H;2*1H;/q-1;;-1;;;+2/p-2. The third-order valence-electron chi connectivity index (χ3n) is 9.75. The van der Waals surface area contributed by atoms with Crippen molar-refractivity contribution in [3.63, 3.8) is 0 Å². The van der Waals surface area contributed by atoms with Crippen LogP contribution in [0.3, 0.4) is 0 Å². The third kappa shape index (κ3) is 8.99. The summed E-state index contributed by atoms with van der Waals surface area (Å²) in [5.41, 5.74) is 14.4. The van der Waals surface area contributed by atoms with Crippen molar-refractivity contribution in [3.8, 4) is 11.1 Å². The Morgan fingerprint density at radius 1 is 0.596 bits per heavy atom. The molecule has 7 aromatic carbocycles. The number of benzene rings is 6. The van der Waals surface area contributed by atoms with E-state index in [4.69, 9.17) is 0 Å². The average molecular weight is 886 g/mol. The molecule has 0 spiro atoms. The van der Waals surface area contributed by atoms with Gasteiger partial charge in [-0.15, -0.1) is 16.7 Å². The largest absolute Gasteiger partial charge is 0.214 e. The summed E-state index contributed by atoms with van der Waals surface area (Å²) in [6, 6.07) is 51.5. The maximum Gasteiger partial charge on any atom is -0.172 e. The fraction of sp³-hybridized carbons (Fsp3) is 0.224. The van der Waals surface area contributed by atoms with Crippen LogP contribution in [0.4, 0.5) is 0 Å². The summed E-state index contributed by atoms with van der Waals surface area (Å²) >= 11 is 1.02. The molecule has 52 heavy (non-hydrogen) atoms. The van der Waals surface area contributed by atoms with E-state index in [2.05, 4.69) is 165 Å². The van der Waals surface area contributed by atoms with Crippen molar-refractivity contribution >= 4 is 24.8 Å². The molecule has 8 rings (SSSR count). The number of fused-ring (bicyclic) bond motifs is 5. The van der Waals surface area contributed by atoms with Crippen LogP contribution in [0.1, 0.15) is 86.1 Å². The van der Waals surface area contributed by atoms with Gasteiger partial charge in [0.15, 0.2) is 0 Å². The van der Waals surface area contributed by atoms with E-state index < -0.39 is 0 Å². The molecular formula is C49H48Cl2Hf-2. The second kappa shape index (κ2) is 17.1. The maximum absolute atomic E-state index is 3.69. The molecule has 0 amide bonds. The molecule has 1 aliphatic rings. The first-order valence-corrected chi connectivity index (χ1v) is 19.5. The van der Waals surface area contributed by atoms with E-state index in [1.54, 1.807) is 0 Å². The zero-order valence-corrected chi connectivity index (χ0v) is 36.8. The summed E-state index contributed by atoms with van der Waals surface area (Å²) < 4.78 is 1.47. The Morgan fingerprint density at radius 2 is 1.08 bits per heavy atom. The number of hydrogen-bond acceptors (Lipinski definition) is 0. The number of hydrogen-bond donors (Lipinski definition) is 0. The van der Waals surface area contributed by atoms with E-state index in [1.807, 2.05) is 30.3 Å². The van der Waals surface area contributed by atoms with Gasteiger partial charge in [-0.3, -0.25) is 0 Å². The van der Waals surface area contributed by atoms with E-state index in [0.29, 0.717) is 0 Å². The van der Waals surface area contributed by atoms with E-state index in [-0.39, 0.29) is 35.6 Å². The van der Waals surface area contributed by atoms with Crippen LogP contribution in [0.5, 0.6) is 0 Å². The topological polar surface area (TPSA) is 0 Å². The number of rotatable bonds is 2. The molecule has 264 valence electrons. The first kappa shape index (κ1) is 41.3. The molecule has 0 fully saturated rings. The van der Waals surface area contributed by atoms with Crippen molar-refractivity contribution in [2.75, 3.05) is 0 Å². The minimum absolute atomic E-state index is 0. The molecule has 0 radical (unpaired) electrons. The van der Waals surface area contributed by atoms with E-state index in [9.17, 15) is 0 Å². The Labute approximate surface area is 338 Å². The van der Waals surface area contributed by atoms with Crippen LogP contribution in [0.25, 0.3) is 32.7 Å². The Hall–Kier alpha value is -3.49. The summed E-state index contributed by atoms with van der Waals surface area (Å²) in [4.78, 5) is 0. The fourth-order valence-corrected chi connectivity index (χ4v) is 8.94.